The van der Waals surface area contributed by atoms with E-state index < -0.39 is 15.3 Å². The summed E-state index contributed by atoms with van der Waals surface area (Å²) in [7, 11) is -4.92. The maximum atomic E-state index is 11.2. The minimum atomic E-state index is -4.92. The number of nitro groups is 1. The maximum absolute atomic E-state index is 11.2. The third-order valence-electron chi connectivity index (χ3n) is 2.54. The van der Waals surface area contributed by atoms with Crippen molar-refractivity contribution in [1.29, 1.82) is 5.39 Å². The molecule has 0 bridgehead atoms. The van der Waals surface area contributed by atoms with Gasteiger partial charge in [-0.25, -0.2) is 8.42 Å². The lowest BCUT2D eigenvalue weighted by atomic mass is 10.0. The van der Waals surface area contributed by atoms with Gasteiger partial charge in [-0.1, -0.05) is 53.5 Å². The van der Waals surface area contributed by atoms with Crippen molar-refractivity contribution in [1.82, 2.24) is 0 Å². The Morgan fingerprint density at radius 1 is 1.21 bits per heavy atom. The summed E-state index contributed by atoms with van der Waals surface area (Å²) in [6.07, 6.45) is 0. The Bertz CT molecular complexity index is 905. The second-order valence-electron chi connectivity index (χ2n) is 4.07. The molecule has 2 aromatic carbocycles. The highest BCUT2D eigenvalue weighted by molar-refractivity contribution is 7.79. The Hall–Kier alpha value is -2.29. The van der Waals surface area contributed by atoms with Gasteiger partial charge in [-0.15, -0.1) is 0 Å². The van der Waals surface area contributed by atoms with Gasteiger partial charge in [0, 0.05) is 0 Å². The van der Waals surface area contributed by atoms with Crippen LogP contribution in [0.3, 0.4) is 0 Å². The van der Waals surface area contributed by atoms with Crippen LogP contribution >= 0.6 is 23.2 Å². The van der Waals surface area contributed by atoms with E-state index in [4.69, 9.17) is 46.1 Å². The van der Waals surface area contributed by atoms with Crippen molar-refractivity contribution in [2.75, 3.05) is 0 Å². The van der Waals surface area contributed by atoms with E-state index in [0.29, 0.717) is 5.56 Å². The molecule has 1 N–H and O–H groups in total. The second-order valence-corrected chi connectivity index (χ2v) is 5.71. The van der Waals surface area contributed by atoms with Crippen LogP contribution in [0.4, 0.5) is 11.4 Å². The number of nitro benzene ring substituents is 1. The van der Waals surface area contributed by atoms with Gasteiger partial charge in [0.15, 0.2) is 4.98 Å². The van der Waals surface area contributed by atoms with E-state index in [1.807, 2.05) is 0 Å². The van der Waals surface area contributed by atoms with Gasteiger partial charge >= 0.3 is 11.4 Å². The van der Waals surface area contributed by atoms with E-state index in [9.17, 15) is 10.1 Å². The summed E-state index contributed by atoms with van der Waals surface area (Å²) < 4.78 is 32.8. The van der Waals surface area contributed by atoms with Gasteiger partial charge < -0.3 is 4.55 Å². The maximum Gasteiger partial charge on any atom is 0.428 e. The van der Waals surface area contributed by atoms with Crippen molar-refractivity contribution in [2.45, 2.75) is 0 Å². The van der Waals surface area contributed by atoms with Gasteiger partial charge in [0.25, 0.3) is 0 Å². The molecule has 0 unspecified atom stereocenters. The minimum absolute atomic E-state index is 0.0388. The molecule has 0 saturated carbocycles. The molecule has 12 heteroatoms. The van der Waals surface area contributed by atoms with Crippen LogP contribution in [0, 0.1) is 15.5 Å². The van der Waals surface area contributed by atoms with Crippen molar-refractivity contribution in [3.8, 4) is 11.1 Å². The molecule has 9 nitrogen and oxygen atoms in total. The fourth-order valence-electron chi connectivity index (χ4n) is 1.71. The minimum Gasteiger partial charge on any atom is -0.726 e. The number of rotatable bonds is 2. The van der Waals surface area contributed by atoms with Gasteiger partial charge in [0.2, 0.25) is 20.8 Å². The molecule has 0 radical (unpaired) electrons. The van der Waals surface area contributed by atoms with Crippen LogP contribution in [0.2, 0.25) is 10.0 Å². The van der Waals surface area contributed by atoms with Crippen molar-refractivity contribution in [2.24, 2.45) is 0 Å². The molecule has 0 aliphatic heterocycles. The number of diazo groups is 1. The zero-order valence-electron chi connectivity index (χ0n) is 11.5. The standard InChI is InChI=1S/C12H6Cl2N3O2.H2O4S/c13-9-6-8(7-4-2-1-3-5-7)12(17(18)19)10(14)11(9)16-15;1-5(2,3)4/h1-6H;(H2,1,2,3,4)/q+1;/p-1. The molecule has 0 fully saturated rings. The third-order valence-corrected chi connectivity index (χ3v) is 3.18. The SMILES string of the molecule is N#[N+]c1c(Cl)cc(-c2ccccc2)c([N+](=O)[O-])c1Cl.O=S(=O)([O-])O. The van der Waals surface area contributed by atoms with E-state index in [2.05, 4.69) is 4.98 Å². The van der Waals surface area contributed by atoms with Gasteiger partial charge in [0.1, 0.15) is 5.02 Å². The lowest BCUT2D eigenvalue weighted by Crippen LogP contribution is -1.94. The molecule has 0 heterocycles. The zero-order valence-corrected chi connectivity index (χ0v) is 13.8. The second kappa shape index (κ2) is 8.00. The van der Waals surface area contributed by atoms with Crippen LogP contribution in [0.15, 0.2) is 36.4 Å². The predicted octanol–water partition coefficient (Wildman–Crippen LogP) is 4.06. The van der Waals surface area contributed by atoms with Crippen LogP contribution in [0.25, 0.3) is 16.1 Å². The van der Waals surface area contributed by atoms with E-state index in [1.165, 1.54) is 6.07 Å². The Morgan fingerprint density at radius 2 is 1.71 bits per heavy atom. The first kappa shape index (κ1) is 19.8. The largest absolute Gasteiger partial charge is 0.726 e. The fourth-order valence-corrected chi connectivity index (χ4v) is 2.31. The predicted molar refractivity (Wildman–Crippen MR) is 85.6 cm³/mol. The van der Waals surface area contributed by atoms with Crippen LogP contribution in [0.5, 0.6) is 0 Å². The number of halogens is 2. The Labute approximate surface area is 145 Å². The Kier molecular flexibility index (Phi) is 6.59. The van der Waals surface area contributed by atoms with Crippen LogP contribution in [-0.2, 0) is 10.4 Å². The number of nitrogens with zero attached hydrogens (tertiary/aromatic N) is 3. The molecule has 0 aliphatic rings. The monoisotopic (exact) mass is 391 g/mol. The van der Waals surface area contributed by atoms with Gasteiger partial charge in [0.05, 0.1) is 10.5 Å². The summed E-state index contributed by atoms with van der Waals surface area (Å²) in [5, 5.41) is 19.7. The van der Waals surface area contributed by atoms with Gasteiger partial charge in [-0.3, -0.25) is 14.7 Å². The number of benzene rings is 2. The molecular weight excluding hydrogens is 385 g/mol. The summed E-state index contributed by atoms with van der Waals surface area (Å²) in [4.78, 5) is 13.4. The molecule has 0 atom stereocenters. The van der Waals surface area contributed by atoms with Crippen LogP contribution in [0.1, 0.15) is 0 Å². The molecule has 2 aromatic rings. The highest BCUT2D eigenvalue weighted by Crippen LogP contribution is 2.45. The molecule has 0 aromatic heterocycles. The lowest BCUT2D eigenvalue weighted by Gasteiger charge is -2.04. The van der Waals surface area contributed by atoms with E-state index in [0.717, 1.165) is 0 Å². The van der Waals surface area contributed by atoms with Crippen LogP contribution in [-0.4, -0.2) is 22.4 Å². The summed E-state index contributed by atoms with van der Waals surface area (Å²) in [5.74, 6) is 0. The fraction of sp³-hybridized carbons (Fsp3) is 0. The molecule has 24 heavy (non-hydrogen) atoms. The first-order valence-electron chi connectivity index (χ1n) is 5.81. The lowest BCUT2D eigenvalue weighted by molar-refractivity contribution is -0.383. The average Bonchev–Trinajstić information content (AvgIpc) is 2.45. The summed E-state index contributed by atoms with van der Waals surface area (Å²) in [5.41, 5.74) is 0.315. The number of hydrogen-bond acceptors (Lipinski definition) is 6. The molecule has 126 valence electrons. The van der Waals surface area contributed by atoms with E-state index >= 15 is 0 Å². The topological polar surface area (TPSA) is 149 Å². The number of hydrogen-bond donors (Lipinski definition) is 1. The normalized spacial score (nSPS) is 10.3. The van der Waals surface area contributed by atoms with Gasteiger partial charge in [-0.2, -0.15) is 0 Å². The highest BCUT2D eigenvalue weighted by Gasteiger charge is 2.32. The zero-order chi connectivity index (χ0) is 18.5. The Morgan fingerprint density at radius 3 is 2.12 bits per heavy atom. The summed E-state index contributed by atoms with van der Waals surface area (Å²) in [6.45, 7) is 0. The molecule has 0 spiro atoms. The summed E-state index contributed by atoms with van der Waals surface area (Å²) >= 11 is 11.8. The van der Waals surface area contributed by atoms with Crippen molar-refractivity contribution in [3.63, 3.8) is 0 Å². The highest BCUT2D eigenvalue weighted by atomic mass is 35.5. The molecule has 0 saturated heterocycles. The van der Waals surface area contributed by atoms with Crippen molar-refractivity contribution < 1.29 is 22.4 Å². The molecular formula is C12H7Cl2N3O6S. The quantitative estimate of drug-likeness (QED) is 0.266. The molecule has 0 aliphatic carbocycles. The molecule has 0 amide bonds. The van der Waals surface area contributed by atoms with Crippen molar-refractivity contribution >= 4 is 45.0 Å². The molecule has 2 rings (SSSR count). The van der Waals surface area contributed by atoms with Gasteiger partial charge in [-0.05, 0) is 11.6 Å². The average molecular weight is 392 g/mol. The summed E-state index contributed by atoms with van der Waals surface area (Å²) in [6, 6.07) is 10.0. The smallest absolute Gasteiger partial charge is 0.428 e. The van der Waals surface area contributed by atoms with E-state index in [-0.39, 0.29) is 27.0 Å². The van der Waals surface area contributed by atoms with Crippen molar-refractivity contribution in [3.05, 3.63) is 61.5 Å². The third kappa shape index (κ3) is 5.41. The van der Waals surface area contributed by atoms with Crippen LogP contribution < -0.4 is 0 Å². The first-order valence-corrected chi connectivity index (χ1v) is 7.93. The van der Waals surface area contributed by atoms with E-state index in [1.54, 1.807) is 30.3 Å². The first-order chi connectivity index (χ1) is 11.1. The Balaban J connectivity index is 0.000000505.